The molecule has 0 aliphatic heterocycles. The van der Waals surface area contributed by atoms with Crippen LogP contribution in [0.3, 0.4) is 0 Å². The standard InChI is InChI=1S/C20H33N3O.HI/c1-4-5-13-21-19(22-15-18-8-6-17(2)7-9-18)23-16-20(10-11-20)12-14-24-3;/h6-9H,4-5,10-16H2,1-3H3,(H2,21,22,23);1H. The maximum atomic E-state index is 5.25. The van der Waals surface area contributed by atoms with Crippen molar-refractivity contribution in [1.29, 1.82) is 0 Å². The molecule has 25 heavy (non-hydrogen) atoms. The lowest BCUT2D eigenvalue weighted by Crippen LogP contribution is -2.41. The van der Waals surface area contributed by atoms with Gasteiger partial charge in [0.1, 0.15) is 0 Å². The van der Waals surface area contributed by atoms with Crippen LogP contribution in [0.25, 0.3) is 0 Å². The molecule has 1 fully saturated rings. The van der Waals surface area contributed by atoms with E-state index >= 15 is 0 Å². The lowest BCUT2D eigenvalue weighted by atomic mass is 10.0. The Labute approximate surface area is 170 Å². The largest absolute Gasteiger partial charge is 0.385 e. The first-order valence-electron chi connectivity index (χ1n) is 9.24. The van der Waals surface area contributed by atoms with E-state index in [2.05, 4.69) is 48.7 Å². The molecule has 1 aliphatic rings. The number of ether oxygens (including phenoxy) is 1. The fraction of sp³-hybridized carbons (Fsp3) is 0.650. The van der Waals surface area contributed by atoms with Crippen LogP contribution in [0.2, 0.25) is 0 Å². The molecular formula is C20H34IN3O. The van der Waals surface area contributed by atoms with E-state index in [1.807, 2.05) is 0 Å². The van der Waals surface area contributed by atoms with Crippen molar-refractivity contribution < 1.29 is 4.74 Å². The third-order valence-electron chi connectivity index (χ3n) is 4.79. The van der Waals surface area contributed by atoms with Crippen molar-refractivity contribution >= 4 is 29.9 Å². The van der Waals surface area contributed by atoms with Crippen LogP contribution < -0.4 is 10.6 Å². The van der Waals surface area contributed by atoms with Crippen molar-refractivity contribution in [1.82, 2.24) is 10.6 Å². The Kier molecular flexibility index (Phi) is 10.4. The van der Waals surface area contributed by atoms with Gasteiger partial charge in [-0.3, -0.25) is 0 Å². The van der Waals surface area contributed by atoms with Gasteiger partial charge in [-0.25, -0.2) is 4.99 Å². The van der Waals surface area contributed by atoms with Gasteiger partial charge in [-0.2, -0.15) is 0 Å². The highest BCUT2D eigenvalue weighted by Gasteiger charge is 2.41. The summed E-state index contributed by atoms with van der Waals surface area (Å²) in [6.45, 7) is 7.85. The van der Waals surface area contributed by atoms with E-state index in [1.54, 1.807) is 7.11 Å². The Morgan fingerprint density at radius 2 is 1.92 bits per heavy atom. The molecule has 142 valence electrons. The molecule has 1 saturated carbocycles. The Bertz CT molecular complexity index is 512. The molecule has 4 nitrogen and oxygen atoms in total. The van der Waals surface area contributed by atoms with Crippen molar-refractivity contribution in [2.45, 2.75) is 52.5 Å². The number of rotatable bonds is 10. The first kappa shape index (κ1) is 22.2. The summed E-state index contributed by atoms with van der Waals surface area (Å²) in [5.41, 5.74) is 2.96. The summed E-state index contributed by atoms with van der Waals surface area (Å²) < 4.78 is 5.25. The quantitative estimate of drug-likeness (QED) is 0.238. The molecular weight excluding hydrogens is 425 g/mol. The van der Waals surface area contributed by atoms with Gasteiger partial charge in [-0.15, -0.1) is 24.0 Å². The fourth-order valence-electron chi connectivity index (χ4n) is 2.70. The third kappa shape index (κ3) is 8.40. The lowest BCUT2D eigenvalue weighted by Gasteiger charge is -2.18. The van der Waals surface area contributed by atoms with Crippen LogP contribution in [0.5, 0.6) is 0 Å². The van der Waals surface area contributed by atoms with Crippen LogP contribution in [-0.4, -0.2) is 32.8 Å². The highest BCUT2D eigenvalue weighted by atomic mass is 127. The van der Waals surface area contributed by atoms with Crippen molar-refractivity contribution in [3.8, 4) is 0 Å². The number of aliphatic imine (C=N–C) groups is 1. The highest BCUT2D eigenvalue weighted by molar-refractivity contribution is 14.0. The lowest BCUT2D eigenvalue weighted by molar-refractivity contribution is 0.172. The number of nitrogens with one attached hydrogen (secondary N) is 2. The molecule has 0 bridgehead atoms. The van der Waals surface area contributed by atoms with Gasteiger partial charge in [0.25, 0.3) is 0 Å². The number of unbranched alkanes of at least 4 members (excludes halogenated alkanes) is 1. The minimum Gasteiger partial charge on any atom is -0.385 e. The van der Waals surface area contributed by atoms with E-state index in [1.165, 1.54) is 36.8 Å². The Balaban J connectivity index is 0.00000312. The SMILES string of the molecule is CCCCNC(=NCc1ccc(C)cc1)NCC1(CCOC)CC1.I. The van der Waals surface area contributed by atoms with Gasteiger partial charge in [0, 0.05) is 26.8 Å². The average molecular weight is 459 g/mol. The van der Waals surface area contributed by atoms with Crippen molar-refractivity contribution in [3.05, 3.63) is 35.4 Å². The Morgan fingerprint density at radius 1 is 1.20 bits per heavy atom. The highest BCUT2D eigenvalue weighted by Crippen LogP contribution is 2.48. The first-order chi connectivity index (χ1) is 11.7. The van der Waals surface area contributed by atoms with Gasteiger partial charge in [0.05, 0.1) is 6.54 Å². The third-order valence-corrected chi connectivity index (χ3v) is 4.79. The van der Waals surface area contributed by atoms with Crippen LogP contribution >= 0.6 is 24.0 Å². The Morgan fingerprint density at radius 3 is 2.52 bits per heavy atom. The predicted molar refractivity (Wildman–Crippen MR) is 117 cm³/mol. The van der Waals surface area contributed by atoms with Gasteiger partial charge >= 0.3 is 0 Å². The van der Waals surface area contributed by atoms with Gasteiger partial charge in [-0.05, 0) is 43.6 Å². The minimum atomic E-state index is 0. The summed E-state index contributed by atoms with van der Waals surface area (Å²) in [6.07, 6.45) is 6.08. The molecule has 0 radical (unpaired) electrons. The first-order valence-corrected chi connectivity index (χ1v) is 9.24. The number of nitrogens with zero attached hydrogens (tertiary/aromatic N) is 1. The summed E-state index contributed by atoms with van der Waals surface area (Å²) >= 11 is 0. The summed E-state index contributed by atoms with van der Waals surface area (Å²) in [6, 6.07) is 8.60. The topological polar surface area (TPSA) is 45.7 Å². The normalized spacial score (nSPS) is 15.4. The maximum absolute atomic E-state index is 5.25. The van der Waals surface area contributed by atoms with E-state index in [0.717, 1.165) is 32.1 Å². The molecule has 1 aliphatic carbocycles. The van der Waals surface area contributed by atoms with Crippen LogP contribution in [-0.2, 0) is 11.3 Å². The molecule has 1 aromatic rings. The zero-order chi connectivity index (χ0) is 17.3. The fourth-order valence-corrected chi connectivity index (χ4v) is 2.70. The summed E-state index contributed by atoms with van der Waals surface area (Å²) in [5.74, 6) is 0.938. The van der Waals surface area contributed by atoms with Crippen LogP contribution in [0.4, 0.5) is 0 Å². The van der Waals surface area contributed by atoms with E-state index in [-0.39, 0.29) is 24.0 Å². The predicted octanol–water partition coefficient (Wildman–Crippen LogP) is 4.27. The van der Waals surface area contributed by atoms with Crippen molar-refractivity contribution in [2.24, 2.45) is 10.4 Å². The second-order valence-electron chi connectivity index (χ2n) is 7.03. The van der Waals surface area contributed by atoms with E-state index < -0.39 is 0 Å². The number of halogens is 1. The molecule has 1 aromatic carbocycles. The summed E-state index contributed by atoms with van der Waals surface area (Å²) in [4.78, 5) is 4.77. The average Bonchev–Trinajstić information content (AvgIpc) is 3.37. The molecule has 0 saturated heterocycles. The molecule has 0 atom stereocenters. The molecule has 5 heteroatoms. The van der Waals surface area contributed by atoms with Gasteiger partial charge in [0.15, 0.2) is 5.96 Å². The summed E-state index contributed by atoms with van der Waals surface area (Å²) in [5, 5.41) is 7.02. The molecule has 2 rings (SSSR count). The van der Waals surface area contributed by atoms with Crippen molar-refractivity contribution in [2.75, 3.05) is 26.8 Å². The van der Waals surface area contributed by atoms with E-state index in [4.69, 9.17) is 9.73 Å². The number of hydrogen-bond donors (Lipinski definition) is 2. The smallest absolute Gasteiger partial charge is 0.191 e. The molecule has 0 unspecified atom stereocenters. The number of benzene rings is 1. The second-order valence-corrected chi connectivity index (χ2v) is 7.03. The van der Waals surface area contributed by atoms with Crippen LogP contribution in [0, 0.1) is 12.3 Å². The minimum absolute atomic E-state index is 0. The zero-order valence-corrected chi connectivity index (χ0v) is 18.3. The monoisotopic (exact) mass is 459 g/mol. The van der Waals surface area contributed by atoms with Crippen molar-refractivity contribution in [3.63, 3.8) is 0 Å². The number of hydrogen-bond acceptors (Lipinski definition) is 2. The molecule has 0 heterocycles. The van der Waals surface area contributed by atoms with E-state index in [9.17, 15) is 0 Å². The molecule has 0 aromatic heterocycles. The van der Waals surface area contributed by atoms with Crippen LogP contribution in [0.1, 0.15) is 50.2 Å². The maximum Gasteiger partial charge on any atom is 0.191 e. The molecule has 0 spiro atoms. The molecule has 2 N–H and O–H groups in total. The summed E-state index contributed by atoms with van der Waals surface area (Å²) in [7, 11) is 1.78. The zero-order valence-electron chi connectivity index (χ0n) is 15.9. The molecule has 0 amide bonds. The van der Waals surface area contributed by atoms with Gasteiger partial charge in [-0.1, -0.05) is 43.2 Å². The Hall–Kier alpha value is -0.820. The number of methoxy groups -OCH3 is 1. The number of guanidine groups is 1. The van der Waals surface area contributed by atoms with Crippen LogP contribution in [0.15, 0.2) is 29.3 Å². The number of aryl methyl sites for hydroxylation is 1. The van der Waals surface area contributed by atoms with Gasteiger partial charge in [0.2, 0.25) is 0 Å². The van der Waals surface area contributed by atoms with Gasteiger partial charge < -0.3 is 15.4 Å². The van der Waals surface area contributed by atoms with E-state index in [0.29, 0.717) is 12.0 Å². The second kappa shape index (κ2) is 11.7.